The zero-order chi connectivity index (χ0) is 11.7. The highest BCUT2D eigenvalue weighted by Gasteiger charge is 2.07. The van der Waals surface area contributed by atoms with Crippen molar-refractivity contribution in [2.45, 2.75) is 26.7 Å². The van der Waals surface area contributed by atoms with E-state index in [1.165, 1.54) is 5.56 Å². The first-order chi connectivity index (χ1) is 7.58. The molecule has 0 aliphatic heterocycles. The molecule has 2 nitrogen and oxygen atoms in total. The monoisotopic (exact) mass is 234 g/mol. The second-order valence-corrected chi connectivity index (χ2v) is 4.64. The molecule has 0 saturated heterocycles. The number of aryl methyl sites for hydroxylation is 1. The zero-order valence-electron chi connectivity index (χ0n) is 9.71. The molecular weight excluding hydrogens is 220 g/mol. The average molecular weight is 235 g/mol. The molecule has 1 aromatic carbocycles. The SMILES string of the molecule is Cc1[nH]c(Cl)nc1-c1ccc(C(C)C)cc1. The fourth-order valence-corrected chi connectivity index (χ4v) is 1.96. The molecule has 0 aliphatic rings. The normalized spacial score (nSPS) is 11.1. The number of nitrogens with zero attached hydrogens (tertiary/aromatic N) is 1. The van der Waals surface area contributed by atoms with Gasteiger partial charge in [-0.1, -0.05) is 38.1 Å². The zero-order valence-corrected chi connectivity index (χ0v) is 10.5. The number of imidazole rings is 1. The van der Waals surface area contributed by atoms with Crippen LogP contribution in [0.2, 0.25) is 5.28 Å². The van der Waals surface area contributed by atoms with Gasteiger partial charge in [-0.2, -0.15) is 0 Å². The van der Waals surface area contributed by atoms with Gasteiger partial charge < -0.3 is 4.98 Å². The smallest absolute Gasteiger partial charge is 0.200 e. The van der Waals surface area contributed by atoms with Crippen molar-refractivity contribution in [2.24, 2.45) is 0 Å². The third-order valence-corrected chi connectivity index (χ3v) is 2.89. The molecule has 0 spiro atoms. The van der Waals surface area contributed by atoms with E-state index in [0.717, 1.165) is 17.0 Å². The summed E-state index contributed by atoms with van der Waals surface area (Å²) in [5, 5.41) is 0.445. The fourth-order valence-electron chi connectivity index (χ4n) is 1.73. The van der Waals surface area contributed by atoms with Crippen LogP contribution in [0.5, 0.6) is 0 Å². The minimum Gasteiger partial charge on any atom is -0.332 e. The highest BCUT2D eigenvalue weighted by Crippen LogP contribution is 2.24. The van der Waals surface area contributed by atoms with Gasteiger partial charge in [-0.05, 0) is 30.0 Å². The summed E-state index contributed by atoms with van der Waals surface area (Å²) in [6.07, 6.45) is 0. The number of hydrogen-bond donors (Lipinski definition) is 1. The largest absolute Gasteiger partial charge is 0.332 e. The molecule has 0 radical (unpaired) electrons. The standard InChI is InChI=1S/C13H15ClN2/c1-8(2)10-4-6-11(7-5-10)12-9(3)15-13(14)16-12/h4-8H,1-3H3,(H,15,16). The number of aromatic amines is 1. The third-order valence-electron chi connectivity index (χ3n) is 2.71. The summed E-state index contributed by atoms with van der Waals surface area (Å²) in [6, 6.07) is 8.47. The third kappa shape index (κ3) is 2.12. The number of hydrogen-bond acceptors (Lipinski definition) is 1. The Bertz CT molecular complexity index is 483. The van der Waals surface area contributed by atoms with Gasteiger partial charge in [-0.25, -0.2) is 4.98 Å². The molecule has 1 aromatic heterocycles. The first-order valence-corrected chi connectivity index (χ1v) is 5.78. The molecule has 2 aromatic rings. The Morgan fingerprint density at radius 1 is 1.19 bits per heavy atom. The summed E-state index contributed by atoms with van der Waals surface area (Å²) in [7, 11) is 0. The van der Waals surface area contributed by atoms with E-state index in [1.807, 2.05) is 6.92 Å². The Kier molecular flexibility index (Phi) is 3.01. The molecule has 84 valence electrons. The van der Waals surface area contributed by atoms with Gasteiger partial charge in [-0.15, -0.1) is 0 Å². The molecule has 16 heavy (non-hydrogen) atoms. The van der Waals surface area contributed by atoms with Crippen molar-refractivity contribution >= 4 is 11.6 Å². The van der Waals surface area contributed by atoms with E-state index in [0.29, 0.717) is 11.2 Å². The van der Waals surface area contributed by atoms with E-state index < -0.39 is 0 Å². The second kappa shape index (κ2) is 4.30. The average Bonchev–Trinajstić information content (AvgIpc) is 2.58. The summed E-state index contributed by atoms with van der Waals surface area (Å²) in [6.45, 7) is 6.35. The van der Waals surface area contributed by atoms with Crippen molar-refractivity contribution in [3.63, 3.8) is 0 Å². The molecule has 0 bridgehead atoms. The molecule has 0 aliphatic carbocycles. The lowest BCUT2D eigenvalue weighted by Gasteiger charge is -2.05. The molecule has 2 rings (SSSR count). The van der Waals surface area contributed by atoms with Crippen molar-refractivity contribution in [3.8, 4) is 11.3 Å². The van der Waals surface area contributed by atoms with E-state index in [9.17, 15) is 0 Å². The maximum absolute atomic E-state index is 5.83. The van der Waals surface area contributed by atoms with Gasteiger partial charge >= 0.3 is 0 Å². The van der Waals surface area contributed by atoms with Crippen molar-refractivity contribution in [3.05, 3.63) is 40.8 Å². The van der Waals surface area contributed by atoms with Crippen LogP contribution in [0.3, 0.4) is 0 Å². The summed E-state index contributed by atoms with van der Waals surface area (Å²) < 4.78 is 0. The van der Waals surface area contributed by atoms with E-state index in [4.69, 9.17) is 11.6 Å². The topological polar surface area (TPSA) is 28.7 Å². The maximum Gasteiger partial charge on any atom is 0.200 e. The van der Waals surface area contributed by atoms with Crippen LogP contribution in [0.15, 0.2) is 24.3 Å². The lowest BCUT2D eigenvalue weighted by molar-refractivity contribution is 0.867. The van der Waals surface area contributed by atoms with E-state index in [1.54, 1.807) is 0 Å². The lowest BCUT2D eigenvalue weighted by Crippen LogP contribution is -1.87. The van der Waals surface area contributed by atoms with Crippen molar-refractivity contribution in [2.75, 3.05) is 0 Å². The number of H-pyrrole nitrogens is 1. The molecule has 0 atom stereocenters. The minimum absolute atomic E-state index is 0.445. The van der Waals surface area contributed by atoms with Crippen LogP contribution in [0.4, 0.5) is 0 Å². The van der Waals surface area contributed by atoms with Crippen LogP contribution in [-0.2, 0) is 0 Å². The van der Waals surface area contributed by atoms with Gasteiger partial charge in [-0.3, -0.25) is 0 Å². The van der Waals surface area contributed by atoms with E-state index >= 15 is 0 Å². The van der Waals surface area contributed by atoms with Gasteiger partial charge in [0.05, 0.1) is 5.69 Å². The van der Waals surface area contributed by atoms with Crippen LogP contribution >= 0.6 is 11.6 Å². The number of aromatic nitrogens is 2. The van der Waals surface area contributed by atoms with Crippen molar-refractivity contribution in [1.82, 2.24) is 9.97 Å². The van der Waals surface area contributed by atoms with Crippen LogP contribution in [0.25, 0.3) is 11.3 Å². The maximum atomic E-state index is 5.83. The Labute approximate surface area is 101 Å². The molecule has 0 amide bonds. The first kappa shape index (κ1) is 11.2. The Morgan fingerprint density at radius 2 is 1.81 bits per heavy atom. The summed E-state index contributed by atoms with van der Waals surface area (Å²) in [4.78, 5) is 7.26. The fraction of sp³-hybridized carbons (Fsp3) is 0.308. The summed E-state index contributed by atoms with van der Waals surface area (Å²) >= 11 is 5.83. The highest BCUT2D eigenvalue weighted by molar-refractivity contribution is 6.28. The predicted octanol–water partition coefficient (Wildman–Crippen LogP) is 4.16. The number of nitrogens with one attached hydrogen (secondary N) is 1. The van der Waals surface area contributed by atoms with E-state index in [-0.39, 0.29) is 0 Å². The molecular formula is C13H15ClN2. The van der Waals surface area contributed by atoms with Crippen LogP contribution in [0, 0.1) is 6.92 Å². The van der Waals surface area contributed by atoms with E-state index in [2.05, 4.69) is 48.1 Å². The lowest BCUT2D eigenvalue weighted by atomic mass is 10.0. The first-order valence-electron chi connectivity index (χ1n) is 5.40. The van der Waals surface area contributed by atoms with Gasteiger partial charge in [0.1, 0.15) is 0 Å². The van der Waals surface area contributed by atoms with Crippen molar-refractivity contribution in [1.29, 1.82) is 0 Å². The van der Waals surface area contributed by atoms with Gasteiger partial charge in [0.25, 0.3) is 0 Å². The predicted molar refractivity (Wildman–Crippen MR) is 67.9 cm³/mol. The number of benzene rings is 1. The Hall–Kier alpha value is -1.28. The molecule has 0 unspecified atom stereocenters. The molecule has 0 fully saturated rings. The number of halogens is 1. The van der Waals surface area contributed by atoms with Crippen molar-refractivity contribution < 1.29 is 0 Å². The highest BCUT2D eigenvalue weighted by atomic mass is 35.5. The molecule has 0 saturated carbocycles. The quantitative estimate of drug-likeness (QED) is 0.831. The number of rotatable bonds is 2. The van der Waals surface area contributed by atoms with Gasteiger partial charge in [0, 0.05) is 11.3 Å². The van der Waals surface area contributed by atoms with Crippen LogP contribution in [-0.4, -0.2) is 9.97 Å². The van der Waals surface area contributed by atoms with Crippen LogP contribution in [0.1, 0.15) is 31.0 Å². The Balaban J connectivity index is 2.38. The second-order valence-electron chi connectivity index (χ2n) is 4.28. The minimum atomic E-state index is 0.445. The molecule has 1 N–H and O–H groups in total. The summed E-state index contributed by atoms with van der Waals surface area (Å²) in [5.74, 6) is 0.554. The molecule has 1 heterocycles. The molecule has 3 heteroatoms. The Morgan fingerprint density at radius 3 is 2.25 bits per heavy atom. The summed E-state index contributed by atoms with van der Waals surface area (Å²) in [5.41, 5.74) is 4.37. The van der Waals surface area contributed by atoms with Gasteiger partial charge in [0.15, 0.2) is 0 Å². The van der Waals surface area contributed by atoms with Gasteiger partial charge in [0.2, 0.25) is 5.28 Å². The van der Waals surface area contributed by atoms with Crippen LogP contribution < -0.4 is 0 Å².